The molecule has 3 aromatic rings. The fourth-order valence-corrected chi connectivity index (χ4v) is 2.76. The Kier molecular flexibility index (Phi) is 4.58. The summed E-state index contributed by atoms with van der Waals surface area (Å²) in [5, 5.41) is 6.94. The molecule has 2 aromatic carbocycles. The highest BCUT2D eigenvalue weighted by Gasteiger charge is 2.18. The van der Waals surface area contributed by atoms with E-state index in [-0.39, 0.29) is 17.6 Å². The molecule has 116 valence electrons. The maximum absolute atomic E-state index is 12.7. The maximum Gasteiger partial charge on any atom is 0.242 e. The number of aromatic nitrogens is 3. The first kappa shape index (κ1) is 15.1. The van der Waals surface area contributed by atoms with Gasteiger partial charge in [0.15, 0.2) is 0 Å². The summed E-state index contributed by atoms with van der Waals surface area (Å²) < 4.78 is 0. The number of aromatic amines is 1. The van der Waals surface area contributed by atoms with Gasteiger partial charge in [0.25, 0.3) is 0 Å². The number of benzene rings is 2. The molecule has 0 bridgehead atoms. The van der Waals surface area contributed by atoms with Crippen LogP contribution in [0.3, 0.4) is 0 Å². The lowest BCUT2D eigenvalue weighted by atomic mass is 10.2. The van der Waals surface area contributed by atoms with Crippen LogP contribution in [-0.4, -0.2) is 26.8 Å². The van der Waals surface area contributed by atoms with Crippen molar-refractivity contribution in [1.82, 2.24) is 15.2 Å². The van der Waals surface area contributed by atoms with Crippen molar-refractivity contribution in [2.45, 2.75) is 5.16 Å². The van der Waals surface area contributed by atoms with Gasteiger partial charge < -0.3 is 5.73 Å². The van der Waals surface area contributed by atoms with E-state index in [0.29, 0.717) is 5.16 Å². The summed E-state index contributed by atoms with van der Waals surface area (Å²) in [6.07, 6.45) is 0. The number of carbonyl (C=O) groups excluding carboxylic acids is 1. The number of rotatable bonds is 5. The van der Waals surface area contributed by atoms with E-state index in [1.165, 1.54) is 11.8 Å². The third-order valence-corrected chi connectivity index (χ3v) is 3.92. The van der Waals surface area contributed by atoms with E-state index < -0.39 is 0 Å². The first-order valence-electron chi connectivity index (χ1n) is 6.98. The highest BCUT2D eigenvalue weighted by atomic mass is 32.2. The first-order chi connectivity index (χ1) is 11.2. The number of thioether (sulfide) groups is 1. The summed E-state index contributed by atoms with van der Waals surface area (Å²) in [4.78, 5) is 18.4. The standard InChI is InChI=1S/C16H15N5OS/c17-15-18-16(20-19-15)23-11-14(22)21(12-7-3-1-4-8-12)13-9-5-2-6-10-13/h1-10H,11H2,(H3,17,18,19,20). The third-order valence-electron chi connectivity index (χ3n) is 3.09. The lowest BCUT2D eigenvalue weighted by molar-refractivity contribution is -0.115. The topological polar surface area (TPSA) is 87.9 Å². The molecule has 1 heterocycles. The minimum Gasteiger partial charge on any atom is -0.368 e. The number of hydrogen-bond acceptors (Lipinski definition) is 5. The van der Waals surface area contributed by atoms with Crippen LogP contribution >= 0.6 is 11.8 Å². The van der Waals surface area contributed by atoms with E-state index in [4.69, 9.17) is 5.73 Å². The van der Waals surface area contributed by atoms with Crippen LogP contribution in [0.4, 0.5) is 17.3 Å². The van der Waals surface area contributed by atoms with Crippen molar-refractivity contribution in [3.05, 3.63) is 60.7 Å². The van der Waals surface area contributed by atoms with Gasteiger partial charge >= 0.3 is 0 Å². The first-order valence-corrected chi connectivity index (χ1v) is 7.96. The molecule has 0 aliphatic rings. The van der Waals surface area contributed by atoms with Crippen molar-refractivity contribution in [2.75, 3.05) is 16.4 Å². The summed E-state index contributed by atoms with van der Waals surface area (Å²) >= 11 is 1.24. The Bertz CT molecular complexity index is 736. The number of nitrogen functional groups attached to an aromatic ring is 1. The number of para-hydroxylation sites is 2. The molecule has 0 fully saturated rings. The van der Waals surface area contributed by atoms with Crippen LogP contribution in [0, 0.1) is 0 Å². The number of nitrogens with one attached hydrogen (secondary N) is 1. The van der Waals surface area contributed by atoms with Crippen LogP contribution in [0.1, 0.15) is 0 Å². The van der Waals surface area contributed by atoms with Gasteiger partial charge in [0, 0.05) is 11.4 Å². The zero-order valence-electron chi connectivity index (χ0n) is 12.2. The molecule has 7 heteroatoms. The fraction of sp³-hybridized carbons (Fsp3) is 0.0625. The van der Waals surface area contributed by atoms with Gasteiger partial charge in [-0.15, -0.1) is 5.10 Å². The van der Waals surface area contributed by atoms with Gasteiger partial charge in [-0.3, -0.25) is 9.69 Å². The summed E-state index contributed by atoms with van der Waals surface area (Å²) in [7, 11) is 0. The molecule has 0 saturated heterocycles. The fourth-order valence-electron chi connectivity index (χ4n) is 2.10. The Hall–Kier alpha value is -2.80. The van der Waals surface area contributed by atoms with Gasteiger partial charge in [0.2, 0.25) is 17.0 Å². The van der Waals surface area contributed by atoms with Crippen LogP contribution in [0.15, 0.2) is 65.8 Å². The second-order valence-electron chi connectivity index (χ2n) is 4.69. The van der Waals surface area contributed by atoms with Crippen LogP contribution in [0.25, 0.3) is 0 Å². The van der Waals surface area contributed by atoms with E-state index in [9.17, 15) is 4.79 Å². The molecule has 0 spiro atoms. The van der Waals surface area contributed by atoms with E-state index in [0.717, 1.165) is 11.4 Å². The normalized spacial score (nSPS) is 10.4. The number of amides is 1. The van der Waals surface area contributed by atoms with Crippen molar-refractivity contribution in [1.29, 1.82) is 0 Å². The van der Waals surface area contributed by atoms with E-state index in [1.54, 1.807) is 4.90 Å². The van der Waals surface area contributed by atoms with E-state index in [2.05, 4.69) is 15.2 Å². The van der Waals surface area contributed by atoms with Crippen LogP contribution < -0.4 is 10.6 Å². The molecule has 1 aromatic heterocycles. The Morgan fingerprint density at radius 1 is 1.04 bits per heavy atom. The number of hydrogen-bond donors (Lipinski definition) is 2. The van der Waals surface area contributed by atoms with Crippen molar-refractivity contribution in [2.24, 2.45) is 0 Å². The molecule has 23 heavy (non-hydrogen) atoms. The smallest absolute Gasteiger partial charge is 0.242 e. The maximum atomic E-state index is 12.7. The number of anilines is 3. The SMILES string of the molecule is Nc1nc(SCC(=O)N(c2ccccc2)c2ccccc2)n[nH]1. The largest absolute Gasteiger partial charge is 0.368 e. The molecule has 0 radical (unpaired) electrons. The van der Waals surface area contributed by atoms with Crippen molar-refractivity contribution >= 4 is 35.0 Å². The average Bonchev–Trinajstić information content (AvgIpc) is 3.01. The highest BCUT2D eigenvalue weighted by molar-refractivity contribution is 7.99. The molecule has 1 amide bonds. The van der Waals surface area contributed by atoms with Gasteiger partial charge in [-0.2, -0.15) is 4.98 Å². The van der Waals surface area contributed by atoms with Gasteiger partial charge in [-0.05, 0) is 24.3 Å². The molecular weight excluding hydrogens is 310 g/mol. The number of carbonyl (C=O) groups is 1. The van der Waals surface area contributed by atoms with Gasteiger partial charge in [0.05, 0.1) is 5.75 Å². The number of nitrogens with zero attached hydrogens (tertiary/aromatic N) is 3. The lowest BCUT2D eigenvalue weighted by Crippen LogP contribution is -2.27. The molecule has 0 unspecified atom stereocenters. The van der Waals surface area contributed by atoms with Gasteiger partial charge in [0.1, 0.15) is 0 Å². The zero-order chi connectivity index (χ0) is 16.1. The molecule has 6 nitrogen and oxygen atoms in total. The summed E-state index contributed by atoms with van der Waals surface area (Å²) in [6.45, 7) is 0. The Morgan fingerprint density at radius 3 is 2.09 bits per heavy atom. The Morgan fingerprint density at radius 2 is 1.61 bits per heavy atom. The monoisotopic (exact) mass is 325 g/mol. The predicted octanol–water partition coefficient (Wildman–Crippen LogP) is 2.84. The minimum atomic E-state index is -0.0595. The molecule has 0 aliphatic carbocycles. The molecule has 0 atom stereocenters. The average molecular weight is 325 g/mol. The van der Waals surface area contributed by atoms with Crippen molar-refractivity contribution in [3.8, 4) is 0 Å². The molecule has 0 saturated carbocycles. The quantitative estimate of drug-likeness (QED) is 0.704. The molecular formula is C16H15N5OS. The van der Waals surface area contributed by atoms with Crippen molar-refractivity contribution < 1.29 is 4.79 Å². The third kappa shape index (κ3) is 3.70. The van der Waals surface area contributed by atoms with Crippen molar-refractivity contribution in [3.63, 3.8) is 0 Å². The minimum absolute atomic E-state index is 0.0595. The van der Waals surface area contributed by atoms with E-state index in [1.807, 2.05) is 60.7 Å². The molecule has 3 rings (SSSR count). The van der Waals surface area contributed by atoms with Crippen LogP contribution in [-0.2, 0) is 4.79 Å². The van der Waals surface area contributed by atoms with Gasteiger partial charge in [-0.1, -0.05) is 48.2 Å². The van der Waals surface area contributed by atoms with Crippen LogP contribution in [0.2, 0.25) is 0 Å². The zero-order valence-corrected chi connectivity index (χ0v) is 13.0. The number of nitrogens with two attached hydrogens (primary N) is 1. The second kappa shape index (κ2) is 6.97. The Balaban J connectivity index is 1.82. The lowest BCUT2D eigenvalue weighted by Gasteiger charge is -2.22. The summed E-state index contributed by atoms with van der Waals surface area (Å²) in [5.41, 5.74) is 7.13. The molecule has 3 N–H and O–H groups in total. The summed E-state index contributed by atoms with van der Waals surface area (Å²) in [5.74, 6) is 0.389. The Labute approximate surface area is 137 Å². The number of H-pyrrole nitrogens is 1. The summed E-state index contributed by atoms with van der Waals surface area (Å²) in [6, 6.07) is 19.1. The van der Waals surface area contributed by atoms with Crippen LogP contribution in [0.5, 0.6) is 0 Å². The van der Waals surface area contributed by atoms with Gasteiger partial charge in [-0.25, -0.2) is 5.10 Å². The van der Waals surface area contributed by atoms with E-state index >= 15 is 0 Å². The second-order valence-corrected chi connectivity index (χ2v) is 5.63. The molecule has 0 aliphatic heterocycles. The highest BCUT2D eigenvalue weighted by Crippen LogP contribution is 2.26. The predicted molar refractivity (Wildman–Crippen MR) is 91.5 cm³/mol.